The minimum absolute atomic E-state index is 0.238. The van der Waals surface area contributed by atoms with E-state index in [4.69, 9.17) is 0 Å². The van der Waals surface area contributed by atoms with Crippen molar-refractivity contribution in [1.82, 2.24) is 9.88 Å². The minimum Gasteiger partial charge on any atom is -0.345 e. The van der Waals surface area contributed by atoms with Crippen molar-refractivity contribution in [2.24, 2.45) is 5.92 Å². The number of carbonyl (C=O) groups excluding carboxylic acids is 1. The normalized spacial score (nSPS) is 15.0. The van der Waals surface area contributed by atoms with Crippen LogP contribution in [0.25, 0.3) is 11.3 Å². The fourth-order valence-corrected chi connectivity index (χ4v) is 3.77. The number of thiazole rings is 1. The van der Waals surface area contributed by atoms with E-state index in [9.17, 15) is 9.18 Å². The molecule has 1 aliphatic rings. The Bertz CT molecular complexity index is 706. The lowest BCUT2D eigenvalue weighted by molar-refractivity contribution is -0.131. The Morgan fingerprint density at radius 1 is 1.20 bits per heavy atom. The molecule has 0 bridgehead atoms. The molecule has 0 spiro atoms. The highest BCUT2D eigenvalue weighted by molar-refractivity contribution is 7.14. The summed E-state index contributed by atoms with van der Waals surface area (Å²) in [6.07, 6.45) is 1.59. The first kappa shape index (κ1) is 17.9. The molecule has 134 valence electrons. The second kappa shape index (κ2) is 7.95. The van der Waals surface area contributed by atoms with E-state index in [1.54, 1.807) is 23.5 Å². The van der Waals surface area contributed by atoms with Crippen LogP contribution in [0.2, 0.25) is 0 Å². The van der Waals surface area contributed by atoms with Crippen LogP contribution in [0.1, 0.15) is 26.7 Å². The van der Waals surface area contributed by atoms with Crippen LogP contribution in [0, 0.1) is 11.7 Å². The SMILES string of the molecule is CC(C)CCC(=O)N1CCN(c2nc(-c3ccc(F)cc3)cs2)CC1. The maximum Gasteiger partial charge on any atom is 0.222 e. The number of carbonyl (C=O) groups is 1. The average Bonchev–Trinajstić information content (AvgIpc) is 3.10. The molecule has 1 aliphatic heterocycles. The van der Waals surface area contributed by atoms with Gasteiger partial charge >= 0.3 is 0 Å². The van der Waals surface area contributed by atoms with Crippen molar-refractivity contribution >= 4 is 22.4 Å². The van der Waals surface area contributed by atoms with Crippen LogP contribution in [0.4, 0.5) is 9.52 Å². The van der Waals surface area contributed by atoms with Crippen molar-refractivity contribution in [2.45, 2.75) is 26.7 Å². The standard InChI is InChI=1S/C19H24FN3OS/c1-14(2)3-8-18(24)22-9-11-23(12-10-22)19-21-17(13-25-19)15-4-6-16(20)7-5-15/h4-7,13-14H,3,8-12H2,1-2H3. The van der Waals surface area contributed by atoms with Gasteiger partial charge in [0.15, 0.2) is 5.13 Å². The maximum absolute atomic E-state index is 13.0. The van der Waals surface area contributed by atoms with E-state index >= 15 is 0 Å². The predicted octanol–water partition coefficient (Wildman–Crippen LogP) is 4.03. The Morgan fingerprint density at radius 3 is 2.52 bits per heavy atom. The number of hydrogen-bond donors (Lipinski definition) is 0. The highest BCUT2D eigenvalue weighted by Gasteiger charge is 2.22. The lowest BCUT2D eigenvalue weighted by Crippen LogP contribution is -2.48. The summed E-state index contributed by atoms with van der Waals surface area (Å²) in [6.45, 7) is 7.41. The molecular weight excluding hydrogens is 337 g/mol. The second-order valence-electron chi connectivity index (χ2n) is 6.82. The van der Waals surface area contributed by atoms with Gasteiger partial charge < -0.3 is 9.80 Å². The zero-order valence-corrected chi connectivity index (χ0v) is 15.6. The first-order chi connectivity index (χ1) is 12.0. The molecule has 1 fully saturated rings. The number of anilines is 1. The number of hydrogen-bond acceptors (Lipinski definition) is 4. The van der Waals surface area contributed by atoms with Gasteiger partial charge in [0.1, 0.15) is 5.82 Å². The number of amides is 1. The molecule has 1 aromatic heterocycles. The Balaban J connectivity index is 1.56. The van der Waals surface area contributed by atoms with Crippen molar-refractivity contribution in [3.05, 3.63) is 35.5 Å². The first-order valence-electron chi connectivity index (χ1n) is 8.77. The van der Waals surface area contributed by atoms with Gasteiger partial charge in [-0.2, -0.15) is 0 Å². The third-order valence-corrected chi connectivity index (χ3v) is 5.37. The molecule has 6 heteroatoms. The fraction of sp³-hybridized carbons (Fsp3) is 0.474. The Hall–Kier alpha value is -1.95. The first-order valence-corrected chi connectivity index (χ1v) is 9.65. The maximum atomic E-state index is 13.0. The number of halogens is 1. The fourth-order valence-electron chi connectivity index (χ4n) is 2.88. The van der Waals surface area contributed by atoms with Crippen LogP contribution in [0.15, 0.2) is 29.6 Å². The van der Waals surface area contributed by atoms with Crippen LogP contribution < -0.4 is 4.90 Å². The van der Waals surface area contributed by atoms with Gasteiger partial charge in [-0.05, 0) is 36.6 Å². The molecule has 1 saturated heterocycles. The highest BCUT2D eigenvalue weighted by Crippen LogP contribution is 2.28. The monoisotopic (exact) mass is 361 g/mol. The van der Waals surface area contributed by atoms with Gasteiger partial charge in [-0.3, -0.25) is 4.79 Å². The summed E-state index contributed by atoms with van der Waals surface area (Å²) in [7, 11) is 0. The van der Waals surface area contributed by atoms with Crippen LogP contribution in [-0.4, -0.2) is 42.0 Å². The minimum atomic E-state index is -0.238. The smallest absolute Gasteiger partial charge is 0.222 e. The van der Waals surface area contributed by atoms with E-state index in [1.807, 2.05) is 10.3 Å². The van der Waals surface area contributed by atoms with E-state index in [1.165, 1.54) is 12.1 Å². The van der Waals surface area contributed by atoms with E-state index in [0.29, 0.717) is 12.3 Å². The molecule has 1 amide bonds. The lowest BCUT2D eigenvalue weighted by Gasteiger charge is -2.34. The molecular formula is C19H24FN3OS. The molecule has 25 heavy (non-hydrogen) atoms. The van der Waals surface area contributed by atoms with Crippen molar-refractivity contribution in [3.63, 3.8) is 0 Å². The van der Waals surface area contributed by atoms with Crippen molar-refractivity contribution in [2.75, 3.05) is 31.1 Å². The number of piperazine rings is 1. The molecule has 2 aromatic rings. The average molecular weight is 361 g/mol. The van der Waals surface area contributed by atoms with Crippen molar-refractivity contribution in [1.29, 1.82) is 0 Å². The van der Waals surface area contributed by atoms with Crippen LogP contribution in [0.5, 0.6) is 0 Å². The molecule has 0 saturated carbocycles. The lowest BCUT2D eigenvalue weighted by atomic mass is 10.1. The van der Waals surface area contributed by atoms with E-state index < -0.39 is 0 Å². The van der Waals surface area contributed by atoms with Crippen LogP contribution in [-0.2, 0) is 4.79 Å². The summed E-state index contributed by atoms with van der Waals surface area (Å²) in [6, 6.07) is 6.41. The van der Waals surface area contributed by atoms with Gasteiger partial charge in [-0.15, -0.1) is 11.3 Å². The number of rotatable bonds is 5. The molecule has 0 unspecified atom stereocenters. The van der Waals surface area contributed by atoms with Gasteiger partial charge in [0.2, 0.25) is 5.91 Å². The van der Waals surface area contributed by atoms with Crippen molar-refractivity contribution in [3.8, 4) is 11.3 Å². The van der Waals surface area contributed by atoms with E-state index in [-0.39, 0.29) is 11.7 Å². The summed E-state index contributed by atoms with van der Waals surface area (Å²) in [5.74, 6) is 0.586. The zero-order chi connectivity index (χ0) is 17.8. The summed E-state index contributed by atoms with van der Waals surface area (Å²) < 4.78 is 13.0. The number of nitrogens with zero attached hydrogens (tertiary/aromatic N) is 3. The molecule has 0 radical (unpaired) electrons. The summed E-state index contributed by atoms with van der Waals surface area (Å²) in [5, 5.41) is 2.97. The highest BCUT2D eigenvalue weighted by atomic mass is 32.1. The Kier molecular flexibility index (Phi) is 5.68. The molecule has 0 aliphatic carbocycles. The Labute approximate surface area is 152 Å². The molecule has 4 nitrogen and oxygen atoms in total. The summed E-state index contributed by atoms with van der Waals surface area (Å²) in [5.41, 5.74) is 1.79. The summed E-state index contributed by atoms with van der Waals surface area (Å²) >= 11 is 1.60. The van der Waals surface area contributed by atoms with Crippen LogP contribution >= 0.6 is 11.3 Å². The van der Waals surface area contributed by atoms with Crippen LogP contribution in [0.3, 0.4) is 0 Å². The molecule has 3 rings (SSSR count). The zero-order valence-electron chi connectivity index (χ0n) is 14.7. The Morgan fingerprint density at radius 2 is 1.88 bits per heavy atom. The largest absolute Gasteiger partial charge is 0.345 e. The molecule has 1 aromatic carbocycles. The molecule has 0 atom stereocenters. The van der Waals surface area contributed by atoms with E-state index in [0.717, 1.165) is 49.0 Å². The van der Waals surface area contributed by atoms with Gasteiger partial charge in [-0.25, -0.2) is 9.37 Å². The number of benzene rings is 1. The van der Waals surface area contributed by atoms with Gasteiger partial charge in [0.25, 0.3) is 0 Å². The van der Waals surface area contributed by atoms with Gasteiger partial charge in [0.05, 0.1) is 5.69 Å². The van der Waals surface area contributed by atoms with Gasteiger partial charge in [-0.1, -0.05) is 13.8 Å². The molecule has 0 N–H and O–H groups in total. The topological polar surface area (TPSA) is 36.4 Å². The third-order valence-electron chi connectivity index (χ3n) is 4.47. The molecule has 2 heterocycles. The predicted molar refractivity (Wildman–Crippen MR) is 100 cm³/mol. The quantitative estimate of drug-likeness (QED) is 0.807. The van der Waals surface area contributed by atoms with Crippen molar-refractivity contribution < 1.29 is 9.18 Å². The third kappa shape index (κ3) is 4.57. The number of aromatic nitrogens is 1. The van der Waals surface area contributed by atoms with Gasteiger partial charge in [0, 0.05) is 43.5 Å². The van der Waals surface area contributed by atoms with E-state index in [2.05, 4.69) is 23.7 Å². The second-order valence-corrected chi connectivity index (χ2v) is 7.66. The summed E-state index contributed by atoms with van der Waals surface area (Å²) in [4.78, 5) is 21.1.